The number of nitrogens with two attached hydrogens (primary N) is 1. The zero-order chi connectivity index (χ0) is 13.5. The van der Waals surface area contributed by atoms with Gasteiger partial charge >= 0.3 is 6.18 Å². The summed E-state index contributed by atoms with van der Waals surface area (Å²) in [6, 6.07) is 2.68. The highest BCUT2D eigenvalue weighted by molar-refractivity contribution is 5.48. The summed E-state index contributed by atoms with van der Waals surface area (Å²) in [7, 11) is 0. The number of hydrogen-bond donors (Lipinski definition) is 1. The fourth-order valence-corrected chi connectivity index (χ4v) is 2.08. The van der Waals surface area contributed by atoms with Crippen LogP contribution in [-0.2, 0) is 6.18 Å². The highest BCUT2D eigenvalue weighted by Crippen LogP contribution is 2.50. The summed E-state index contributed by atoms with van der Waals surface area (Å²) in [5.74, 6) is 0.0538. The van der Waals surface area contributed by atoms with E-state index in [1.165, 1.54) is 6.07 Å². The van der Waals surface area contributed by atoms with Gasteiger partial charge in [0.1, 0.15) is 0 Å². The quantitative estimate of drug-likeness (QED) is 0.671. The number of hydrogen-bond acceptors (Lipinski definition) is 3. The molecule has 1 aliphatic carbocycles. The Morgan fingerprint density at radius 2 is 2.11 bits per heavy atom. The molecule has 1 aliphatic rings. The number of rotatable bonds is 3. The van der Waals surface area contributed by atoms with Gasteiger partial charge in [0.05, 0.1) is 10.5 Å². The van der Waals surface area contributed by atoms with Crippen LogP contribution in [0, 0.1) is 16.0 Å². The van der Waals surface area contributed by atoms with Gasteiger partial charge in [-0.05, 0) is 30.9 Å². The lowest BCUT2D eigenvalue weighted by Gasteiger charge is -2.08. The second kappa shape index (κ2) is 4.24. The van der Waals surface area contributed by atoms with E-state index in [0.29, 0.717) is 24.6 Å². The van der Waals surface area contributed by atoms with Crippen molar-refractivity contribution in [2.75, 3.05) is 6.54 Å². The molecule has 18 heavy (non-hydrogen) atoms. The van der Waals surface area contributed by atoms with E-state index in [0.717, 1.165) is 6.07 Å². The second-order valence-corrected chi connectivity index (χ2v) is 4.37. The van der Waals surface area contributed by atoms with Gasteiger partial charge in [0.25, 0.3) is 5.69 Å². The molecule has 0 aromatic heterocycles. The van der Waals surface area contributed by atoms with E-state index in [1.807, 2.05) is 0 Å². The average molecular weight is 260 g/mol. The zero-order valence-electron chi connectivity index (χ0n) is 9.28. The van der Waals surface area contributed by atoms with Crippen LogP contribution in [-0.4, -0.2) is 11.5 Å². The van der Waals surface area contributed by atoms with Crippen molar-refractivity contribution in [2.45, 2.75) is 18.5 Å². The molecule has 0 amide bonds. The summed E-state index contributed by atoms with van der Waals surface area (Å²) in [6.07, 6.45) is -3.87. The molecule has 0 heterocycles. The van der Waals surface area contributed by atoms with E-state index in [-0.39, 0.29) is 11.8 Å². The largest absolute Gasteiger partial charge is 0.416 e. The number of halogens is 3. The summed E-state index contributed by atoms with van der Waals surface area (Å²) in [5.41, 5.74) is 4.32. The van der Waals surface area contributed by atoms with Gasteiger partial charge in [-0.2, -0.15) is 13.2 Å². The number of nitro benzene ring substituents is 1. The lowest BCUT2D eigenvalue weighted by molar-refractivity contribution is -0.385. The fraction of sp³-hybridized carbons (Fsp3) is 0.455. The Morgan fingerprint density at radius 3 is 2.56 bits per heavy atom. The van der Waals surface area contributed by atoms with Gasteiger partial charge in [0, 0.05) is 11.6 Å². The molecule has 1 saturated carbocycles. The van der Waals surface area contributed by atoms with Crippen LogP contribution in [0.5, 0.6) is 0 Å². The third-order valence-corrected chi connectivity index (χ3v) is 3.18. The second-order valence-electron chi connectivity index (χ2n) is 4.37. The summed E-state index contributed by atoms with van der Waals surface area (Å²) in [5, 5.41) is 10.8. The Morgan fingerprint density at radius 1 is 1.44 bits per heavy atom. The van der Waals surface area contributed by atoms with Gasteiger partial charge in [0.2, 0.25) is 0 Å². The summed E-state index contributed by atoms with van der Waals surface area (Å²) >= 11 is 0. The lowest BCUT2D eigenvalue weighted by atomic mass is 10.0. The number of benzene rings is 1. The van der Waals surface area contributed by atoms with Crippen molar-refractivity contribution in [3.8, 4) is 0 Å². The average Bonchev–Trinajstić information content (AvgIpc) is 3.06. The first-order chi connectivity index (χ1) is 8.34. The molecule has 2 atom stereocenters. The van der Waals surface area contributed by atoms with Crippen molar-refractivity contribution in [1.82, 2.24) is 0 Å². The Kier molecular flexibility index (Phi) is 3.02. The topological polar surface area (TPSA) is 69.2 Å². The zero-order valence-corrected chi connectivity index (χ0v) is 9.28. The molecule has 2 N–H and O–H groups in total. The molecule has 0 spiro atoms. The van der Waals surface area contributed by atoms with Gasteiger partial charge < -0.3 is 5.73 Å². The standard InChI is InChI=1S/C11H11F3N2O2/c12-11(13,14)7-1-2-8(9-3-6(9)5-15)10(4-7)16(17)18/h1-2,4,6,9H,3,5,15H2/t6-,9+/m0/s1. The maximum atomic E-state index is 12.5. The van der Waals surface area contributed by atoms with E-state index in [4.69, 9.17) is 5.73 Å². The monoisotopic (exact) mass is 260 g/mol. The normalized spacial score (nSPS) is 22.9. The van der Waals surface area contributed by atoms with E-state index >= 15 is 0 Å². The third kappa shape index (κ3) is 2.31. The highest BCUT2D eigenvalue weighted by Gasteiger charge is 2.42. The molecular weight excluding hydrogens is 249 g/mol. The van der Waals surface area contributed by atoms with E-state index < -0.39 is 22.4 Å². The Hall–Kier alpha value is -1.63. The van der Waals surface area contributed by atoms with Crippen LogP contribution in [0.25, 0.3) is 0 Å². The highest BCUT2D eigenvalue weighted by atomic mass is 19.4. The summed E-state index contributed by atoms with van der Waals surface area (Å²) < 4.78 is 37.4. The first-order valence-corrected chi connectivity index (χ1v) is 5.40. The Bertz CT molecular complexity index is 488. The van der Waals surface area contributed by atoms with Gasteiger partial charge in [-0.3, -0.25) is 10.1 Å². The predicted molar refractivity (Wildman–Crippen MR) is 58.0 cm³/mol. The maximum absolute atomic E-state index is 12.5. The fourth-order valence-electron chi connectivity index (χ4n) is 2.08. The van der Waals surface area contributed by atoms with Gasteiger partial charge in [-0.15, -0.1) is 0 Å². The SMILES string of the molecule is NC[C@@H]1C[C@H]1c1ccc(C(F)(F)F)cc1[N+](=O)[O-]. The number of alkyl halides is 3. The molecule has 1 fully saturated rings. The molecule has 0 unspecified atom stereocenters. The predicted octanol–water partition coefficient (Wildman–Crippen LogP) is 2.68. The van der Waals surface area contributed by atoms with E-state index in [2.05, 4.69) is 0 Å². The maximum Gasteiger partial charge on any atom is 0.416 e. The van der Waals surface area contributed by atoms with Crippen molar-refractivity contribution >= 4 is 5.69 Å². The molecular formula is C11H11F3N2O2. The third-order valence-electron chi connectivity index (χ3n) is 3.18. The lowest BCUT2D eigenvalue weighted by Crippen LogP contribution is -2.07. The van der Waals surface area contributed by atoms with Crippen molar-refractivity contribution in [3.63, 3.8) is 0 Å². The first-order valence-electron chi connectivity index (χ1n) is 5.40. The molecule has 0 radical (unpaired) electrons. The minimum Gasteiger partial charge on any atom is -0.330 e. The Labute approximate surface area is 101 Å². The molecule has 4 nitrogen and oxygen atoms in total. The Balaban J connectivity index is 2.40. The molecule has 0 bridgehead atoms. The molecule has 1 aromatic carbocycles. The molecule has 7 heteroatoms. The minimum atomic E-state index is -4.57. The summed E-state index contributed by atoms with van der Waals surface area (Å²) in [4.78, 5) is 10.1. The van der Waals surface area contributed by atoms with Crippen LogP contribution < -0.4 is 5.73 Å². The van der Waals surface area contributed by atoms with Crippen LogP contribution in [0.4, 0.5) is 18.9 Å². The van der Waals surface area contributed by atoms with Crippen LogP contribution in [0.3, 0.4) is 0 Å². The minimum absolute atomic E-state index is 0.0855. The molecule has 0 saturated heterocycles. The van der Waals surface area contributed by atoms with Gasteiger partial charge in [-0.25, -0.2) is 0 Å². The molecule has 98 valence electrons. The summed E-state index contributed by atoms with van der Waals surface area (Å²) in [6.45, 7) is 0.392. The smallest absolute Gasteiger partial charge is 0.330 e. The van der Waals surface area contributed by atoms with Gasteiger partial charge in [0.15, 0.2) is 0 Å². The van der Waals surface area contributed by atoms with Crippen molar-refractivity contribution in [2.24, 2.45) is 11.7 Å². The van der Waals surface area contributed by atoms with Crippen LogP contribution in [0.1, 0.15) is 23.5 Å². The number of nitro groups is 1. The number of nitrogens with zero attached hydrogens (tertiary/aromatic N) is 1. The first kappa shape index (κ1) is 12.8. The van der Waals surface area contributed by atoms with Crippen LogP contribution >= 0.6 is 0 Å². The van der Waals surface area contributed by atoms with Crippen LogP contribution in [0.15, 0.2) is 18.2 Å². The van der Waals surface area contributed by atoms with E-state index in [9.17, 15) is 23.3 Å². The molecule has 0 aliphatic heterocycles. The van der Waals surface area contributed by atoms with Gasteiger partial charge in [-0.1, -0.05) is 6.07 Å². The van der Waals surface area contributed by atoms with Crippen molar-refractivity contribution in [1.29, 1.82) is 0 Å². The van der Waals surface area contributed by atoms with Crippen LogP contribution in [0.2, 0.25) is 0 Å². The van der Waals surface area contributed by atoms with Crippen molar-refractivity contribution in [3.05, 3.63) is 39.4 Å². The van der Waals surface area contributed by atoms with Crippen molar-refractivity contribution < 1.29 is 18.1 Å². The molecule has 1 aromatic rings. The molecule has 2 rings (SSSR count). The van der Waals surface area contributed by atoms with E-state index in [1.54, 1.807) is 0 Å².